The molecule has 0 fully saturated rings. The van der Waals surface area contributed by atoms with Gasteiger partial charge in [0.05, 0.1) is 18.6 Å². The average molecular weight is 2030 g/mol. The van der Waals surface area contributed by atoms with Crippen molar-refractivity contribution in [2.24, 2.45) is 57.5 Å². The number of primary amides is 2. The summed E-state index contributed by atoms with van der Waals surface area (Å²) in [6.45, 7) is 6.93. The quantitative estimate of drug-likeness (QED) is 0.00854. The molecule has 40 N–H and O–H groups in total. The number of hydrogen-bond donors (Lipinski definition) is 32. The third kappa shape index (κ3) is 46.1. The van der Waals surface area contributed by atoms with Crippen molar-refractivity contribution in [3.63, 3.8) is 0 Å². The maximum atomic E-state index is 15.4. The van der Waals surface area contributed by atoms with Crippen LogP contribution in [0.5, 0.6) is 5.75 Å². The van der Waals surface area contributed by atoms with Gasteiger partial charge in [0.25, 0.3) is 0 Å². The standard InChI is InChI=1S/C94H152N28O20S/c1-5-53(2)76(90(139)109-54(3)78(127)117-70(47-56-25-11-10-12-26-56)86(135)115-68(39-40-74(100)125)83(132)112-67(34-24-46-107-94(104)105)82(131)119-73(50-75(101)126)89(138)114-66(33-23-45-106-93(102)103)81(130)116-69(92(141)142)32-18-22-44-98)121-84(133)65(31-17-21-43-97)113-87(136)71(48-57-35-37-59(124)38-36-57)118-88(137)72(49-58-51-108-62-28-16-15-27-60(58)62)120-91(140)77(55(4)123)122-85(134)64(30-14-7-9-20-42-96)111-80(129)63(29-13-6-8-19-41-95)110-79(128)61(99)52-143/h10-12,15-16,25-28,35-38,51,53-55,61,63-73,76-77,108,123-124,143H,5-9,13-14,17-24,29-34,39-50,52,95-99H2,1-4H3,(H2,100,125)(H2,101,126)(H,109,139)(H,110,128)(H,111,129)(H,112,132)(H,113,136)(H,114,138)(H,115,135)(H,116,130)(H,117,127)(H,118,137)(H,119,131)(H,120,140)(H,121,133)(H,122,134)(H,141,142)(H4,102,103,106)(H4,104,105,107)/t53-,54-,55+,61-,63-,64-,65-,66-,67-,68-,69-,70-,71-,72-,73-,76-,77-/m0/s1. The molecule has 3 aromatic carbocycles. The number of H-pyrrole nitrogens is 1. The number of nitrogens with one attached hydrogen (secondary N) is 19. The molecule has 0 unspecified atom stereocenters. The average Bonchev–Trinajstić information content (AvgIpc) is 1.68. The minimum absolute atomic E-state index is 0.000692. The maximum absolute atomic E-state index is 15.4. The first kappa shape index (κ1) is 122. The van der Waals surface area contributed by atoms with Crippen LogP contribution in [-0.2, 0) is 101 Å². The van der Waals surface area contributed by atoms with E-state index in [4.69, 9.17) is 62.4 Å². The Morgan fingerprint density at radius 2 is 0.727 bits per heavy atom. The number of aromatic nitrogens is 1. The Labute approximate surface area is 837 Å². The molecule has 4 rings (SSSR count). The number of hydrogen-bond acceptors (Lipinski definition) is 27. The van der Waals surface area contributed by atoms with Gasteiger partial charge in [-0.25, -0.2) is 4.79 Å². The number of unbranched alkanes of at least 4 members (excludes halogenated alkanes) is 8. The van der Waals surface area contributed by atoms with Crippen LogP contribution in [0.3, 0.4) is 0 Å². The Morgan fingerprint density at radius 3 is 1.17 bits per heavy atom. The summed E-state index contributed by atoms with van der Waals surface area (Å²) in [6.07, 6.45) is 2.78. The van der Waals surface area contributed by atoms with Crippen molar-refractivity contribution < 1.29 is 96.8 Å². The lowest BCUT2D eigenvalue weighted by Crippen LogP contribution is -2.62. The maximum Gasteiger partial charge on any atom is 0.326 e. The lowest BCUT2D eigenvalue weighted by atomic mass is 9.96. The first-order valence-corrected chi connectivity index (χ1v) is 49.1. The smallest absolute Gasteiger partial charge is 0.326 e. The monoisotopic (exact) mass is 2030 g/mol. The highest BCUT2D eigenvalue weighted by Gasteiger charge is 2.41. The fourth-order valence-corrected chi connectivity index (χ4v) is 15.4. The second-order valence-corrected chi connectivity index (χ2v) is 35.8. The fraction of sp³-hybridized carbons (Fsp3) is 0.585. The van der Waals surface area contributed by atoms with Gasteiger partial charge in [-0.3, -0.25) is 87.5 Å². The number of benzene rings is 3. The number of para-hydroxylation sites is 1. The van der Waals surface area contributed by atoms with Crippen molar-refractivity contribution in [3.8, 4) is 5.75 Å². The molecule has 49 heteroatoms. The van der Waals surface area contributed by atoms with Gasteiger partial charge in [-0.1, -0.05) is 119 Å². The van der Waals surface area contributed by atoms with Crippen molar-refractivity contribution in [2.45, 2.75) is 298 Å². The Balaban J connectivity index is 1.71. The van der Waals surface area contributed by atoms with E-state index in [-0.39, 0.29) is 121 Å². The molecule has 0 radical (unpaired) electrons. The molecule has 17 atom stereocenters. The Morgan fingerprint density at radius 1 is 0.378 bits per heavy atom. The first-order valence-electron chi connectivity index (χ1n) is 48.5. The van der Waals surface area contributed by atoms with Crippen LogP contribution in [0.2, 0.25) is 0 Å². The highest BCUT2D eigenvalue weighted by Crippen LogP contribution is 2.22. The number of aromatic hydroxyl groups is 1. The molecular formula is C94H152N28O20S. The number of nitrogens with two attached hydrogens (primary N) is 9. The summed E-state index contributed by atoms with van der Waals surface area (Å²) in [5.41, 5.74) is 53.1. The molecule has 16 amide bonds. The zero-order valence-electron chi connectivity index (χ0n) is 81.9. The number of guanidine groups is 2. The summed E-state index contributed by atoms with van der Waals surface area (Å²) in [6, 6.07) is -2.51. The van der Waals surface area contributed by atoms with Gasteiger partial charge in [-0.15, -0.1) is 0 Å². The number of aromatic amines is 1. The van der Waals surface area contributed by atoms with Crippen LogP contribution < -0.4 is 137 Å². The second-order valence-electron chi connectivity index (χ2n) is 35.4. The SMILES string of the molecule is CC[C@H](C)[C@H](NC(=O)[C@H](CCCCN)NC(=O)[C@H](Cc1ccc(O)cc1)NC(=O)[C@H](Cc1c[nH]c2ccccc12)NC(=O)[C@@H](NC(=O)[C@H](CCCCCCN)NC(=O)[C@H](CCCCCCN)NC(=O)[C@@H](N)CS)[C@@H](C)O)C(=O)N[C@@H](C)C(=O)N[C@@H](Cc1ccccc1)C(=O)N[C@@H](CCC(N)=O)C(=O)N[C@@H](CCCNC(=N)N)C(=O)N[C@@H](CC(N)=O)C(=O)N[C@@H](CCCNC(=N)N)C(=O)N[C@@H](CCCCN)C(=O)O. The number of aliphatic carboxylic acids is 1. The summed E-state index contributed by atoms with van der Waals surface area (Å²) in [5, 5.41) is 89.2. The van der Waals surface area contributed by atoms with Crippen LogP contribution in [0.4, 0.5) is 0 Å². The highest BCUT2D eigenvalue weighted by atomic mass is 32.1. The van der Waals surface area contributed by atoms with E-state index in [0.717, 1.165) is 12.8 Å². The molecule has 0 aliphatic carbocycles. The molecule has 0 saturated carbocycles. The van der Waals surface area contributed by atoms with Crippen LogP contribution >= 0.6 is 12.6 Å². The number of fused-ring (bicyclic) bond motifs is 1. The van der Waals surface area contributed by atoms with E-state index in [1.807, 2.05) is 0 Å². The number of phenolic OH excluding ortho intramolecular Hbond substituents is 1. The minimum atomic E-state index is -1.90. The van der Waals surface area contributed by atoms with Crippen molar-refractivity contribution >= 4 is 136 Å². The van der Waals surface area contributed by atoms with Gasteiger partial charge in [0.1, 0.15) is 90.3 Å². The molecule has 0 aliphatic rings. The Kier molecular flexibility index (Phi) is 56.6. The van der Waals surface area contributed by atoms with Crippen molar-refractivity contribution in [1.29, 1.82) is 10.8 Å². The third-order valence-corrected chi connectivity index (χ3v) is 24.1. The molecule has 0 aliphatic heterocycles. The van der Waals surface area contributed by atoms with E-state index >= 15 is 14.4 Å². The van der Waals surface area contributed by atoms with E-state index in [9.17, 15) is 82.4 Å². The molecule has 0 spiro atoms. The molecule has 0 bridgehead atoms. The number of carbonyl (C=O) groups excluding carboxylic acids is 16. The predicted octanol–water partition coefficient (Wildman–Crippen LogP) is -4.78. The van der Waals surface area contributed by atoms with E-state index < -0.39 is 234 Å². The molecule has 143 heavy (non-hydrogen) atoms. The van der Waals surface area contributed by atoms with Crippen molar-refractivity contribution in [2.75, 3.05) is 45.0 Å². The topological polar surface area (TPSA) is 841 Å². The zero-order valence-corrected chi connectivity index (χ0v) is 82.8. The lowest BCUT2D eigenvalue weighted by molar-refractivity contribution is -0.142. The second kappa shape index (κ2) is 66.4. The number of carboxylic acid groups (broad SMARTS) is 1. The molecule has 1 aromatic heterocycles. The normalized spacial score (nSPS) is 14.7. The lowest BCUT2D eigenvalue weighted by Gasteiger charge is -2.30. The van der Waals surface area contributed by atoms with Crippen molar-refractivity contribution in [3.05, 3.63) is 102 Å². The van der Waals surface area contributed by atoms with E-state index in [2.05, 4.69) is 103 Å². The fourth-order valence-electron chi connectivity index (χ4n) is 15.3. The Bertz CT molecular complexity index is 4790. The van der Waals surface area contributed by atoms with E-state index in [1.54, 1.807) is 74.6 Å². The molecule has 48 nitrogen and oxygen atoms in total. The van der Waals surface area contributed by atoms with E-state index in [1.165, 1.54) is 38.1 Å². The molecule has 1 heterocycles. The van der Waals surface area contributed by atoms with Gasteiger partial charge in [0.2, 0.25) is 94.5 Å². The number of aliphatic hydroxyl groups excluding tert-OH is 1. The van der Waals surface area contributed by atoms with E-state index in [0.29, 0.717) is 98.5 Å². The molecule has 4 aromatic rings. The summed E-state index contributed by atoms with van der Waals surface area (Å²) in [7, 11) is 0. The van der Waals surface area contributed by atoms with Crippen LogP contribution in [0.25, 0.3) is 10.9 Å². The predicted molar refractivity (Wildman–Crippen MR) is 538 cm³/mol. The summed E-state index contributed by atoms with van der Waals surface area (Å²) >= 11 is 4.15. The summed E-state index contributed by atoms with van der Waals surface area (Å²) < 4.78 is 0. The number of carbonyl (C=O) groups is 17. The van der Waals surface area contributed by atoms with Gasteiger partial charge in [0, 0.05) is 61.6 Å². The number of aliphatic hydroxyl groups is 1. The van der Waals surface area contributed by atoms with Gasteiger partial charge in [-0.2, -0.15) is 12.6 Å². The van der Waals surface area contributed by atoms with Crippen molar-refractivity contribution in [1.82, 2.24) is 90.1 Å². The Hall–Kier alpha value is -13.4. The summed E-state index contributed by atoms with van der Waals surface area (Å²) in [4.78, 5) is 246. The zero-order chi connectivity index (χ0) is 106. The molecule has 794 valence electrons. The van der Waals surface area contributed by atoms with Crippen LogP contribution in [0.1, 0.15) is 198 Å². The van der Waals surface area contributed by atoms with Crippen LogP contribution in [-0.4, -0.2) is 274 Å². The third-order valence-electron chi connectivity index (χ3n) is 23.7. The summed E-state index contributed by atoms with van der Waals surface area (Å²) in [5.74, 6) is -19.1. The number of thiol groups is 1. The number of amides is 16. The number of phenols is 1. The number of rotatable bonds is 72. The largest absolute Gasteiger partial charge is 0.508 e. The van der Waals surface area contributed by atoms with Gasteiger partial charge >= 0.3 is 5.97 Å². The minimum Gasteiger partial charge on any atom is -0.508 e. The first-order chi connectivity index (χ1) is 68.1. The van der Waals surface area contributed by atoms with Crippen LogP contribution in [0.15, 0.2) is 85.1 Å². The molecule has 0 saturated heterocycles. The van der Waals surface area contributed by atoms with Gasteiger partial charge < -0.3 is 157 Å². The molecular weight excluding hydrogens is 1870 g/mol. The van der Waals surface area contributed by atoms with Gasteiger partial charge in [-0.05, 0) is 177 Å². The number of carboxylic acids is 1. The highest BCUT2D eigenvalue weighted by molar-refractivity contribution is 7.80. The van der Waals surface area contributed by atoms with Crippen LogP contribution in [0, 0.1) is 16.7 Å². The van der Waals surface area contributed by atoms with Gasteiger partial charge in [0.15, 0.2) is 11.9 Å².